The van der Waals surface area contributed by atoms with Crippen molar-refractivity contribution in [1.29, 1.82) is 0 Å². The average Bonchev–Trinajstić information content (AvgIpc) is 2.15. The first-order valence-corrected chi connectivity index (χ1v) is 4.32. The average molecular weight is 246 g/mol. The van der Waals surface area contributed by atoms with E-state index in [2.05, 4.69) is 25.7 Å². The first-order valence-electron chi connectivity index (χ1n) is 3.53. The third kappa shape index (κ3) is 2.50. The second-order valence-electron chi connectivity index (χ2n) is 2.31. The van der Waals surface area contributed by atoms with E-state index in [4.69, 9.17) is 5.11 Å². The van der Waals surface area contributed by atoms with Gasteiger partial charge in [-0.3, -0.25) is 0 Å². The molecule has 0 aliphatic carbocycles. The quantitative estimate of drug-likeness (QED) is 0.794. The molecule has 1 aromatic rings. The molecule has 1 N–H and O–H groups in total. The Morgan fingerprint density at radius 1 is 1.69 bits per heavy atom. The molecule has 0 aliphatic heterocycles. The first kappa shape index (κ1) is 10.1. The summed E-state index contributed by atoms with van der Waals surface area (Å²) in [6, 6.07) is 3.16. The third-order valence-corrected chi connectivity index (χ3v) is 1.86. The number of aliphatic hydroxyl groups excluding tert-OH is 1. The molecule has 0 aromatic carbocycles. The molecule has 5 heteroatoms. The first-order chi connectivity index (χ1) is 6.17. The molecular formula is C8H8BrNO3. The summed E-state index contributed by atoms with van der Waals surface area (Å²) < 4.78 is 5.17. The van der Waals surface area contributed by atoms with Crippen LogP contribution in [0, 0.1) is 0 Å². The van der Waals surface area contributed by atoms with Crippen LogP contribution in [0.4, 0.5) is 0 Å². The molecule has 0 unspecified atom stereocenters. The number of ether oxygens (including phenoxy) is 1. The zero-order valence-corrected chi connectivity index (χ0v) is 8.54. The van der Waals surface area contributed by atoms with Crippen LogP contribution in [0.2, 0.25) is 0 Å². The molecular weight excluding hydrogens is 238 g/mol. The van der Waals surface area contributed by atoms with E-state index in [-0.39, 0.29) is 12.3 Å². The van der Waals surface area contributed by atoms with Crippen molar-refractivity contribution < 1.29 is 14.6 Å². The number of nitrogens with zero attached hydrogens (tertiary/aromatic N) is 1. The summed E-state index contributed by atoms with van der Waals surface area (Å²) in [4.78, 5) is 14.9. The summed E-state index contributed by atoms with van der Waals surface area (Å²) in [5.74, 6) is -0.518. The minimum Gasteiger partial charge on any atom is -0.464 e. The van der Waals surface area contributed by atoms with Crippen LogP contribution in [0.25, 0.3) is 0 Å². The highest BCUT2D eigenvalue weighted by Gasteiger charge is 2.08. The minimum absolute atomic E-state index is 0.181. The zero-order chi connectivity index (χ0) is 9.84. The predicted octanol–water partition coefficient (Wildman–Crippen LogP) is 1.12. The van der Waals surface area contributed by atoms with Crippen molar-refractivity contribution in [3.05, 3.63) is 28.0 Å². The van der Waals surface area contributed by atoms with Gasteiger partial charge in [-0.05, 0) is 12.1 Å². The van der Waals surface area contributed by atoms with E-state index in [1.54, 1.807) is 6.07 Å². The molecule has 70 valence electrons. The van der Waals surface area contributed by atoms with Gasteiger partial charge in [0.1, 0.15) is 5.69 Å². The van der Waals surface area contributed by atoms with Gasteiger partial charge in [0.05, 0.1) is 19.4 Å². The van der Waals surface area contributed by atoms with Crippen molar-refractivity contribution in [2.24, 2.45) is 0 Å². The molecule has 0 bridgehead atoms. The van der Waals surface area contributed by atoms with Crippen molar-refractivity contribution in [1.82, 2.24) is 4.98 Å². The van der Waals surface area contributed by atoms with Crippen LogP contribution in [-0.4, -0.2) is 23.2 Å². The maximum atomic E-state index is 11.0. The predicted molar refractivity (Wildman–Crippen MR) is 49.2 cm³/mol. The number of esters is 1. The standard InChI is InChI=1S/C8H8BrNO3/c1-13-8(12)7-3-5(9)2-6(4-11)10-7/h2-3,11H,4H2,1H3. The van der Waals surface area contributed by atoms with Gasteiger partial charge < -0.3 is 9.84 Å². The highest BCUT2D eigenvalue weighted by atomic mass is 79.9. The SMILES string of the molecule is COC(=O)c1cc(Br)cc(CO)n1. The molecule has 4 nitrogen and oxygen atoms in total. The van der Waals surface area contributed by atoms with Crippen LogP contribution in [-0.2, 0) is 11.3 Å². The van der Waals surface area contributed by atoms with Gasteiger partial charge in [0.15, 0.2) is 0 Å². The fourth-order valence-corrected chi connectivity index (χ4v) is 1.32. The molecule has 0 radical (unpaired) electrons. The van der Waals surface area contributed by atoms with Crippen molar-refractivity contribution >= 4 is 21.9 Å². The Morgan fingerprint density at radius 2 is 2.38 bits per heavy atom. The number of carbonyl (C=O) groups excluding carboxylic acids is 1. The van der Waals surface area contributed by atoms with Crippen LogP contribution in [0.15, 0.2) is 16.6 Å². The van der Waals surface area contributed by atoms with Crippen LogP contribution in [0.3, 0.4) is 0 Å². The number of pyridine rings is 1. The zero-order valence-electron chi connectivity index (χ0n) is 6.95. The van der Waals surface area contributed by atoms with E-state index in [0.29, 0.717) is 10.2 Å². The van der Waals surface area contributed by atoms with Crippen molar-refractivity contribution in [2.45, 2.75) is 6.61 Å². The second-order valence-corrected chi connectivity index (χ2v) is 3.23. The number of hydrogen-bond acceptors (Lipinski definition) is 4. The van der Waals surface area contributed by atoms with Gasteiger partial charge in [-0.15, -0.1) is 0 Å². The Morgan fingerprint density at radius 3 is 2.92 bits per heavy atom. The molecule has 0 amide bonds. The Hall–Kier alpha value is -0.940. The highest BCUT2D eigenvalue weighted by molar-refractivity contribution is 9.10. The molecule has 1 aromatic heterocycles. The smallest absolute Gasteiger partial charge is 0.356 e. The van der Waals surface area contributed by atoms with E-state index >= 15 is 0 Å². The summed E-state index contributed by atoms with van der Waals surface area (Å²) in [7, 11) is 1.28. The summed E-state index contributed by atoms with van der Waals surface area (Å²) in [6.07, 6.45) is 0. The van der Waals surface area contributed by atoms with Gasteiger partial charge >= 0.3 is 5.97 Å². The minimum atomic E-state index is -0.518. The molecule has 0 saturated carbocycles. The number of rotatable bonds is 2. The Kier molecular flexibility index (Phi) is 3.39. The molecule has 0 spiro atoms. The van der Waals surface area contributed by atoms with Crippen LogP contribution >= 0.6 is 15.9 Å². The molecule has 0 fully saturated rings. The maximum Gasteiger partial charge on any atom is 0.356 e. The fourth-order valence-electron chi connectivity index (χ4n) is 0.841. The molecule has 0 aliphatic rings. The van der Waals surface area contributed by atoms with Gasteiger partial charge in [0.25, 0.3) is 0 Å². The molecule has 1 heterocycles. The lowest BCUT2D eigenvalue weighted by Crippen LogP contribution is -2.06. The highest BCUT2D eigenvalue weighted by Crippen LogP contribution is 2.13. The van der Waals surface area contributed by atoms with E-state index < -0.39 is 5.97 Å². The topological polar surface area (TPSA) is 59.4 Å². The number of aliphatic hydroxyl groups is 1. The van der Waals surface area contributed by atoms with E-state index in [9.17, 15) is 4.79 Å². The summed E-state index contributed by atoms with van der Waals surface area (Å²) in [6.45, 7) is -0.205. The number of hydrogen-bond donors (Lipinski definition) is 1. The van der Waals surface area contributed by atoms with Gasteiger partial charge in [0.2, 0.25) is 0 Å². The van der Waals surface area contributed by atoms with Crippen molar-refractivity contribution in [2.75, 3.05) is 7.11 Å². The van der Waals surface area contributed by atoms with Gasteiger partial charge in [-0.2, -0.15) is 0 Å². The lowest BCUT2D eigenvalue weighted by molar-refractivity contribution is 0.0593. The monoisotopic (exact) mass is 245 g/mol. The number of halogens is 1. The molecule has 1 rings (SSSR count). The van der Waals surface area contributed by atoms with Gasteiger partial charge in [0, 0.05) is 4.47 Å². The number of carbonyl (C=O) groups is 1. The lowest BCUT2D eigenvalue weighted by atomic mass is 10.3. The Labute approximate surface area is 83.7 Å². The lowest BCUT2D eigenvalue weighted by Gasteiger charge is -2.01. The van der Waals surface area contributed by atoms with Crippen molar-refractivity contribution in [3.63, 3.8) is 0 Å². The summed E-state index contributed by atoms with van der Waals surface area (Å²) in [5.41, 5.74) is 0.607. The molecule has 13 heavy (non-hydrogen) atoms. The Balaban J connectivity index is 3.08. The number of aromatic nitrogens is 1. The largest absolute Gasteiger partial charge is 0.464 e. The third-order valence-electron chi connectivity index (χ3n) is 1.40. The van der Waals surface area contributed by atoms with Crippen LogP contribution < -0.4 is 0 Å². The van der Waals surface area contributed by atoms with Gasteiger partial charge in [-0.25, -0.2) is 9.78 Å². The molecule has 0 saturated heterocycles. The van der Waals surface area contributed by atoms with Crippen LogP contribution in [0.5, 0.6) is 0 Å². The summed E-state index contributed by atoms with van der Waals surface area (Å²) in [5, 5.41) is 8.81. The Bertz CT molecular complexity index is 327. The number of methoxy groups -OCH3 is 1. The van der Waals surface area contributed by atoms with Gasteiger partial charge in [-0.1, -0.05) is 15.9 Å². The summed E-state index contributed by atoms with van der Waals surface area (Å²) >= 11 is 3.19. The van der Waals surface area contributed by atoms with E-state index in [1.165, 1.54) is 13.2 Å². The molecule has 0 atom stereocenters. The normalized spacial score (nSPS) is 9.77. The van der Waals surface area contributed by atoms with Crippen LogP contribution in [0.1, 0.15) is 16.2 Å². The maximum absolute atomic E-state index is 11.0. The fraction of sp³-hybridized carbons (Fsp3) is 0.250. The van der Waals surface area contributed by atoms with Crippen molar-refractivity contribution in [3.8, 4) is 0 Å². The van der Waals surface area contributed by atoms with E-state index in [0.717, 1.165) is 0 Å². The van der Waals surface area contributed by atoms with E-state index in [1.807, 2.05) is 0 Å². The second kappa shape index (κ2) is 4.34.